The summed E-state index contributed by atoms with van der Waals surface area (Å²) in [5.41, 5.74) is 1.03. The number of likely N-dealkylation sites (tertiary alicyclic amines) is 1. The highest BCUT2D eigenvalue weighted by molar-refractivity contribution is 5.79. The van der Waals surface area contributed by atoms with Crippen LogP contribution in [0, 0.1) is 17.7 Å². The van der Waals surface area contributed by atoms with Gasteiger partial charge in [0.15, 0.2) is 0 Å². The average molecular weight is 502 g/mol. The Morgan fingerprint density at radius 3 is 2.50 bits per heavy atom. The second-order valence-corrected chi connectivity index (χ2v) is 9.88. The predicted molar refractivity (Wildman–Crippen MR) is 132 cm³/mol. The summed E-state index contributed by atoms with van der Waals surface area (Å²) in [5, 5.41) is 0. The number of halogens is 4. The van der Waals surface area contributed by atoms with Gasteiger partial charge >= 0.3 is 6.18 Å². The highest BCUT2D eigenvalue weighted by atomic mass is 19.4. The van der Waals surface area contributed by atoms with Gasteiger partial charge in [-0.05, 0) is 65.5 Å². The maximum atomic E-state index is 14.6. The lowest BCUT2D eigenvalue weighted by Crippen LogP contribution is -2.40. The van der Waals surface area contributed by atoms with Crippen molar-refractivity contribution >= 4 is 5.91 Å². The van der Waals surface area contributed by atoms with Crippen LogP contribution in [0.5, 0.6) is 5.75 Å². The minimum absolute atomic E-state index is 0.0444. The maximum absolute atomic E-state index is 14.6. The van der Waals surface area contributed by atoms with Crippen molar-refractivity contribution in [2.45, 2.75) is 51.7 Å². The molecule has 3 nitrogen and oxygen atoms in total. The predicted octanol–water partition coefficient (Wildman–Crippen LogP) is 7.51. The first-order valence-corrected chi connectivity index (χ1v) is 12.3. The van der Waals surface area contributed by atoms with Gasteiger partial charge in [0.25, 0.3) is 0 Å². The second-order valence-electron chi connectivity index (χ2n) is 9.88. The van der Waals surface area contributed by atoms with Gasteiger partial charge in [-0.25, -0.2) is 4.39 Å². The van der Waals surface area contributed by atoms with Gasteiger partial charge in [0.2, 0.25) is 5.91 Å². The van der Waals surface area contributed by atoms with Gasteiger partial charge in [-0.1, -0.05) is 44.2 Å². The largest absolute Gasteiger partial charge is 0.496 e. The van der Waals surface area contributed by atoms with Crippen LogP contribution in [-0.2, 0) is 17.5 Å². The molecule has 7 heteroatoms. The van der Waals surface area contributed by atoms with Gasteiger partial charge in [-0.3, -0.25) is 4.79 Å². The summed E-state index contributed by atoms with van der Waals surface area (Å²) >= 11 is 0. The van der Waals surface area contributed by atoms with Crippen LogP contribution in [0.4, 0.5) is 17.6 Å². The smallest absolute Gasteiger partial charge is 0.416 e. The summed E-state index contributed by atoms with van der Waals surface area (Å²) in [4.78, 5) is 14.7. The lowest BCUT2D eigenvalue weighted by molar-refractivity contribution is -0.137. The van der Waals surface area contributed by atoms with Crippen molar-refractivity contribution in [1.29, 1.82) is 0 Å². The normalized spacial score (nSPS) is 20.3. The molecule has 0 radical (unpaired) electrons. The van der Waals surface area contributed by atoms with E-state index in [0.717, 1.165) is 25.0 Å². The number of benzene rings is 2. The molecule has 0 spiro atoms. The first kappa shape index (κ1) is 26.0. The molecule has 1 aliphatic carbocycles. The molecular formula is C29H31F4NO2. The zero-order chi connectivity index (χ0) is 26.0. The van der Waals surface area contributed by atoms with Gasteiger partial charge in [-0.2, -0.15) is 13.2 Å². The van der Waals surface area contributed by atoms with Crippen molar-refractivity contribution in [3.8, 4) is 16.9 Å². The molecule has 0 aromatic heterocycles. The van der Waals surface area contributed by atoms with E-state index in [9.17, 15) is 22.4 Å². The summed E-state index contributed by atoms with van der Waals surface area (Å²) in [6, 6.07) is 6.43. The van der Waals surface area contributed by atoms with Crippen molar-refractivity contribution in [1.82, 2.24) is 4.90 Å². The first-order chi connectivity index (χ1) is 17.1. The van der Waals surface area contributed by atoms with E-state index in [4.69, 9.17) is 4.74 Å². The Morgan fingerprint density at radius 1 is 1.11 bits per heavy atom. The van der Waals surface area contributed by atoms with Crippen LogP contribution in [0.15, 0.2) is 54.6 Å². The molecule has 2 aromatic carbocycles. The Bertz CT molecular complexity index is 1180. The summed E-state index contributed by atoms with van der Waals surface area (Å²) in [7, 11) is 1.40. The summed E-state index contributed by atoms with van der Waals surface area (Å²) in [6.45, 7) is 4.22. The van der Waals surface area contributed by atoms with Crippen LogP contribution < -0.4 is 4.74 Å². The molecule has 2 aliphatic rings. The van der Waals surface area contributed by atoms with Crippen LogP contribution in [0.3, 0.4) is 0 Å². The Morgan fingerprint density at radius 2 is 1.89 bits per heavy atom. The standard InChI is InChI=1S/C29H31F4NO2/c1-18(2)24-15-25(27(36-3)16-26(24)30)23-10-9-22(29(31,32)33)13-21(23)17-34-12-11-20(14-28(34)35)19-7-5-4-6-8-19/h4-7,9-10,13,15-16,18-20H,8,11-12,14,17H2,1-3H3. The number of hydrogen-bond donors (Lipinski definition) is 0. The van der Waals surface area contributed by atoms with E-state index < -0.39 is 17.6 Å². The van der Waals surface area contributed by atoms with E-state index >= 15 is 0 Å². The van der Waals surface area contributed by atoms with Crippen molar-refractivity contribution in [2.75, 3.05) is 13.7 Å². The molecule has 1 amide bonds. The fraction of sp³-hybridized carbons (Fsp3) is 0.414. The molecule has 2 aromatic rings. The lowest BCUT2D eigenvalue weighted by atomic mass is 9.80. The number of methoxy groups -OCH3 is 1. The molecule has 1 heterocycles. The number of piperidine rings is 1. The Labute approximate surface area is 209 Å². The monoisotopic (exact) mass is 501 g/mol. The molecule has 0 saturated carbocycles. The first-order valence-electron chi connectivity index (χ1n) is 12.3. The summed E-state index contributed by atoms with van der Waals surface area (Å²) in [5.74, 6) is 0.149. The van der Waals surface area contributed by atoms with Crippen LogP contribution >= 0.6 is 0 Å². The molecule has 2 unspecified atom stereocenters. The molecule has 192 valence electrons. The molecule has 1 fully saturated rings. The molecule has 4 rings (SSSR count). The van der Waals surface area contributed by atoms with Crippen molar-refractivity contribution in [3.63, 3.8) is 0 Å². The highest BCUT2D eigenvalue weighted by Crippen LogP contribution is 2.40. The van der Waals surface area contributed by atoms with E-state index in [1.807, 2.05) is 26.0 Å². The van der Waals surface area contributed by atoms with E-state index in [0.29, 0.717) is 41.1 Å². The zero-order valence-electron chi connectivity index (χ0n) is 20.7. The topological polar surface area (TPSA) is 29.5 Å². The van der Waals surface area contributed by atoms with Crippen LogP contribution in [0.1, 0.15) is 55.7 Å². The van der Waals surface area contributed by atoms with E-state index in [1.54, 1.807) is 11.0 Å². The quantitative estimate of drug-likeness (QED) is 0.383. The van der Waals surface area contributed by atoms with Gasteiger partial charge < -0.3 is 9.64 Å². The Hall–Kier alpha value is -3.09. The third-order valence-electron chi connectivity index (χ3n) is 7.20. The molecule has 1 aliphatic heterocycles. The maximum Gasteiger partial charge on any atom is 0.416 e. The van der Waals surface area contributed by atoms with Crippen molar-refractivity contribution in [2.24, 2.45) is 11.8 Å². The number of hydrogen-bond acceptors (Lipinski definition) is 2. The minimum Gasteiger partial charge on any atom is -0.496 e. The van der Waals surface area contributed by atoms with Crippen LogP contribution in [0.2, 0.25) is 0 Å². The van der Waals surface area contributed by atoms with E-state index in [2.05, 4.69) is 12.2 Å². The molecule has 2 atom stereocenters. The van der Waals surface area contributed by atoms with Gasteiger partial charge in [0.05, 0.1) is 12.7 Å². The number of carbonyl (C=O) groups excluding carboxylic acids is 1. The number of carbonyl (C=O) groups is 1. The van der Waals surface area contributed by atoms with Crippen molar-refractivity contribution < 1.29 is 27.1 Å². The number of amides is 1. The van der Waals surface area contributed by atoms with Crippen LogP contribution in [0.25, 0.3) is 11.1 Å². The van der Waals surface area contributed by atoms with E-state index in [1.165, 1.54) is 19.2 Å². The molecule has 36 heavy (non-hydrogen) atoms. The molecule has 0 N–H and O–H groups in total. The number of alkyl halides is 3. The van der Waals surface area contributed by atoms with E-state index in [-0.39, 0.29) is 30.0 Å². The summed E-state index contributed by atoms with van der Waals surface area (Å²) in [6.07, 6.45) is 5.76. The second kappa shape index (κ2) is 10.5. The average Bonchev–Trinajstić information content (AvgIpc) is 2.85. The number of allylic oxidation sites excluding steroid dienone is 4. The fourth-order valence-electron chi connectivity index (χ4n) is 5.15. The van der Waals surface area contributed by atoms with Gasteiger partial charge in [0.1, 0.15) is 11.6 Å². The zero-order valence-corrected chi connectivity index (χ0v) is 20.7. The van der Waals surface area contributed by atoms with Gasteiger partial charge in [0, 0.05) is 31.1 Å². The van der Waals surface area contributed by atoms with Crippen LogP contribution in [-0.4, -0.2) is 24.5 Å². The molecule has 1 saturated heterocycles. The number of nitrogens with zero attached hydrogens (tertiary/aromatic N) is 1. The fourth-order valence-corrected chi connectivity index (χ4v) is 5.15. The Kier molecular flexibility index (Phi) is 7.57. The third kappa shape index (κ3) is 5.50. The molecular weight excluding hydrogens is 470 g/mol. The minimum atomic E-state index is -4.53. The van der Waals surface area contributed by atoms with Crippen molar-refractivity contribution in [3.05, 3.63) is 77.1 Å². The lowest BCUT2D eigenvalue weighted by Gasteiger charge is -2.35. The number of rotatable bonds is 6. The highest BCUT2D eigenvalue weighted by Gasteiger charge is 2.34. The Balaban J connectivity index is 1.69. The number of ether oxygens (including phenoxy) is 1. The SMILES string of the molecule is COc1cc(F)c(C(C)C)cc1-c1ccc(C(F)(F)F)cc1CN1CCC(C2C=CC=CC2)CC1=O. The molecule has 0 bridgehead atoms. The third-order valence-corrected chi connectivity index (χ3v) is 7.20. The van der Waals surface area contributed by atoms with Gasteiger partial charge in [-0.15, -0.1) is 0 Å². The summed E-state index contributed by atoms with van der Waals surface area (Å²) < 4.78 is 60.9.